The van der Waals surface area contributed by atoms with Gasteiger partial charge in [0.25, 0.3) is 0 Å². The molecule has 0 spiro atoms. The zero-order valence-corrected chi connectivity index (χ0v) is 25.9. The maximum atomic E-state index is 11.0. The summed E-state index contributed by atoms with van der Waals surface area (Å²) in [5.41, 5.74) is 4.26. The Hall–Kier alpha value is -3.34. The SMILES string of the molecule is COCCCN1CCOc2ccc(CO[C@H]3CNC[C@@H](O)[C@@H]3c3ccc(OCCCOCc4ccccc4OC)cc3)cc21. The molecule has 0 amide bonds. The first-order valence-corrected chi connectivity index (χ1v) is 15.6. The van der Waals surface area contributed by atoms with E-state index in [9.17, 15) is 5.11 Å². The van der Waals surface area contributed by atoms with Gasteiger partial charge in [0.15, 0.2) is 0 Å². The molecule has 238 valence electrons. The third kappa shape index (κ3) is 8.64. The zero-order valence-electron chi connectivity index (χ0n) is 25.9. The predicted molar refractivity (Wildman–Crippen MR) is 170 cm³/mol. The molecule has 9 nitrogen and oxygen atoms in total. The van der Waals surface area contributed by atoms with Crippen LogP contribution in [0, 0.1) is 0 Å². The number of hydrogen-bond acceptors (Lipinski definition) is 9. The zero-order chi connectivity index (χ0) is 30.6. The predicted octanol–water partition coefficient (Wildman–Crippen LogP) is 4.55. The molecule has 44 heavy (non-hydrogen) atoms. The smallest absolute Gasteiger partial charge is 0.142 e. The highest BCUT2D eigenvalue weighted by atomic mass is 16.5. The minimum Gasteiger partial charge on any atom is -0.496 e. The number of rotatable bonds is 16. The van der Waals surface area contributed by atoms with E-state index in [0.29, 0.717) is 46.1 Å². The van der Waals surface area contributed by atoms with Gasteiger partial charge in [0.1, 0.15) is 23.9 Å². The van der Waals surface area contributed by atoms with Crippen molar-refractivity contribution in [3.8, 4) is 17.2 Å². The minimum atomic E-state index is -0.547. The Kier molecular flexibility index (Phi) is 12.1. The number of β-amino-alcohol motifs (C(OH)–C–C–N with tert-alkyl or cyclic N) is 1. The van der Waals surface area contributed by atoms with Crippen LogP contribution in [0.15, 0.2) is 66.7 Å². The Morgan fingerprint density at radius 3 is 2.64 bits per heavy atom. The van der Waals surface area contributed by atoms with Crippen molar-refractivity contribution in [2.75, 3.05) is 71.7 Å². The van der Waals surface area contributed by atoms with Gasteiger partial charge in [0.05, 0.1) is 58.0 Å². The monoisotopic (exact) mass is 606 g/mol. The molecule has 0 aromatic heterocycles. The lowest BCUT2D eigenvalue weighted by Gasteiger charge is -2.36. The van der Waals surface area contributed by atoms with Gasteiger partial charge in [-0.2, -0.15) is 0 Å². The summed E-state index contributed by atoms with van der Waals surface area (Å²) in [4.78, 5) is 2.36. The lowest BCUT2D eigenvalue weighted by molar-refractivity contribution is -0.0328. The van der Waals surface area contributed by atoms with Crippen LogP contribution >= 0.6 is 0 Å². The highest BCUT2D eigenvalue weighted by Gasteiger charge is 2.34. The van der Waals surface area contributed by atoms with Gasteiger partial charge >= 0.3 is 0 Å². The van der Waals surface area contributed by atoms with Gasteiger partial charge in [-0.1, -0.05) is 36.4 Å². The van der Waals surface area contributed by atoms with Crippen LogP contribution in [0.25, 0.3) is 0 Å². The molecule has 2 heterocycles. The number of aliphatic hydroxyl groups is 1. The summed E-state index contributed by atoms with van der Waals surface area (Å²) in [7, 11) is 3.40. The van der Waals surface area contributed by atoms with Crippen LogP contribution in [0.1, 0.15) is 35.4 Å². The van der Waals surface area contributed by atoms with E-state index in [4.69, 9.17) is 28.4 Å². The van der Waals surface area contributed by atoms with E-state index < -0.39 is 6.10 Å². The topological polar surface area (TPSA) is 90.9 Å². The number of para-hydroxylation sites is 1. The van der Waals surface area contributed by atoms with Gasteiger partial charge in [0, 0.05) is 51.3 Å². The van der Waals surface area contributed by atoms with E-state index in [1.807, 2.05) is 54.6 Å². The van der Waals surface area contributed by atoms with Gasteiger partial charge in [-0.3, -0.25) is 0 Å². The van der Waals surface area contributed by atoms with Crippen molar-refractivity contribution in [3.05, 3.63) is 83.4 Å². The summed E-state index contributed by atoms with van der Waals surface area (Å²) in [5, 5.41) is 14.3. The molecule has 1 fully saturated rings. The van der Waals surface area contributed by atoms with E-state index >= 15 is 0 Å². The number of anilines is 1. The lowest BCUT2D eigenvalue weighted by atomic mass is 9.85. The molecule has 9 heteroatoms. The standard InChI is InChI=1S/C35H46N2O7/c1-39-17-5-15-37-16-20-43-33-14-9-26(21-30(33)37)24-44-34-23-36-22-31(38)35(34)27-10-12-29(13-11-27)42-19-6-18-41-25-28-7-3-4-8-32(28)40-2/h3-4,7-14,21,31,34-36,38H,5-6,15-20,22-25H2,1-2H3/t31-,34+,35+/m1/s1. The molecule has 2 N–H and O–H groups in total. The number of hydrogen-bond donors (Lipinski definition) is 2. The van der Waals surface area contributed by atoms with Gasteiger partial charge < -0.3 is 43.7 Å². The number of fused-ring (bicyclic) bond motifs is 1. The van der Waals surface area contributed by atoms with Gasteiger partial charge in [-0.15, -0.1) is 0 Å². The van der Waals surface area contributed by atoms with E-state index in [2.05, 4.69) is 22.3 Å². The van der Waals surface area contributed by atoms with Gasteiger partial charge in [-0.25, -0.2) is 0 Å². The summed E-state index contributed by atoms with van der Waals surface area (Å²) >= 11 is 0. The van der Waals surface area contributed by atoms with Gasteiger partial charge in [-0.05, 0) is 47.9 Å². The first-order valence-electron chi connectivity index (χ1n) is 15.6. The van der Waals surface area contributed by atoms with Crippen LogP contribution in [-0.4, -0.2) is 84.1 Å². The average Bonchev–Trinajstić information content (AvgIpc) is 3.06. The molecule has 5 rings (SSSR count). The normalized spacial score (nSPS) is 19.7. The van der Waals surface area contributed by atoms with Crippen molar-refractivity contribution in [2.45, 2.75) is 44.2 Å². The number of ether oxygens (including phenoxy) is 6. The molecule has 2 aliphatic heterocycles. The number of methoxy groups -OCH3 is 2. The Bertz CT molecular complexity index is 1290. The highest BCUT2D eigenvalue weighted by Crippen LogP contribution is 2.34. The van der Waals surface area contributed by atoms with Crippen molar-refractivity contribution in [1.29, 1.82) is 0 Å². The van der Waals surface area contributed by atoms with Crippen molar-refractivity contribution >= 4 is 5.69 Å². The molecule has 2 aliphatic rings. The quantitative estimate of drug-likeness (QED) is 0.228. The second-order valence-electron chi connectivity index (χ2n) is 11.2. The number of piperidine rings is 1. The van der Waals surface area contributed by atoms with Gasteiger partial charge in [0.2, 0.25) is 0 Å². The summed E-state index contributed by atoms with van der Waals surface area (Å²) in [6, 6.07) is 22.2. The molecule has 3 atom stereocenters. The minimum absolute atomic E-state index is 0.139. The van der Waals surface area contributed by atoms with Crippen LogP contribution in [0.2, 0.25) is 0 Å². The molecule has 0 aliphatic carbocycles. The van der Waals surface area contributed by atoms with E-state index in [1.165, 1.54) is 0 Å². The fourth-order valence-corrected chi connectivity index (χ4v) is 5.86. The Morgan fingerprint density at radius 1 is 0.932 bits per heavy atom. The molecule has 3 aromatic rings. The summed E-state index contributed by atoms with van der Waals surface area (Å²) < 4.78 is 34.7. The van der Waals surface area contributed by atoms with E-state index in [-0.39, 0.29) is 12.0 Å². The highest BCUT2D eigenvalue weighted by molar-refractivity contribution is 5.61. The summed E-state index contributed by atoms with van der Waals surface area (Å²) in [5.74, 6) is 2.41. The molecular weight excluding hydrogens is 560 g/mol. The summed E-state index contributed by atoms with van der Waals surface area (Å²) in [6.07, 6.45) is 1.03. The first kappa shape index (κ1) is 32.1. The Labute approximate surface area is 261 Å². The third-order valence-corrected chi connectivity index (χ3v) is 8.15. The molecule has 0 radical (unpaired) electrons. The van der Waals surface area contributed by atoms with Crippen LogP contribution in [-0.2, 0) is 27.4 Å². The molecule has 0 unspecified atom stereocenters. The molecule has 1 saturated heterocycles. The fraction of sp³-hybridized carbons (Fsp3) is 0.486. The largest absolute Gasteiger partial charge is 0.496 e. The average molecular weight is 607 g/mol. The first-order chi connectivity index (χ1) is 21.7. The fourth-order valence-electron chi connectivity index (χ4n) is 5.86. The van der Waals surface area contributed by atoms with Crippen molar-refractivity contribution in [2.24, 2.45) is 0 Å². The number of nitrogens with one attached hydrogen (secondary N) is 1. The Morgan fingerprint density at radius 2 is 1.80 bits per heavy atom. The number of benzene rings is 3. The van der Waals surface area contributed by atoms with E-state index in [0.717, 1.165) is 72.2 Å². The lowest BCUT2D eigenvalue weighted by Crippen LogP contribution is -2.49. The molecular formula is C35H46N2O7. The second-order valence-corrected chi connectivity index (χ2v) is 11.2. The van der Waals surface area contributed by atoms with Crippen LogP contribution in [0.5, 0.6) is 17.2 Å². The van der Waals surface area contributed by atoms with Crippen LogP contribution in [0.3, 0.4) is 0 Å². The van der Waals surface area contributed by atoms with Crippen LogP contribution < -0.4 is 24.4 Å². The Balaban J connectivity index is 1.11. The molecule has 0 bridgehead atoms. The summed E-state index contributed by atoms with van der Waals surface area (Å²) in [6.45, 7) is 6.53. The molecule has 0 saturated carbocycles. The molecule has 3 aromatic carbocycles. The van der Waals surface area contributed by atoms with E-state index in [1.54, 1.807) is 14.2 Å². The number of nitrogens with zero attached hydrogens (tertiary/aromatic N) is 1. The van der Waals surface area contributed by atoms with Crippen molar-refractivity contribution in [3.63, 3.8) is 0 Å². The maximum Gasteiger partial charge on any atom is 0.142 e. The van der Waals surface area contributed by atoms with Crippen LogP contribution in [0.4, 0.5) is 5.69 Å². The number of aliphatic hydroxyl groups excluding tert-OH is 1. The second kappa shape index (κ2) is 16.7. The van der Waals surface area contributed by atoms with Crippen molar-refractivity contribution in [1.82, 2.24) is 5.32 Å². The third-order valence-electron chi connectivity index (χ3n) is 8.15. The van der Waals surface area contributed by atoms with Crippen molar-refractivity contribution < 1.29 is 33.5 Å². The maximum absolute atomic E-state index is 11.0.